The SMILES string of the molecule is C=C(C)C(=O)COc1cc2c3c(c1)CCc1cc(OC(=O)C(=C)C)cc(c1-3)CC2. The van der Waals surface area contributed by atoms with Crippen LogP contribution in [0.2, 0.25) is 0 Å². The monoisotopic (exact) mass is 388 g/mol. The Balaban J connectivity index is 1.68. The van der Waals surface area contributed by atoms with Gasteiger partial charge in [0.1, 0.15) is 11.5 Å². The van der Waals surface area contributed by atoms with Crippen LogP contribution < -0.4 is 9.47 Å². The molecule has 0 fully saturated rings. The zero-order chi connectivity index (χ0) is 20.7. The maximum atomic E-state index is 11.9. The lowest BCUT2D eigenvalue weighted by Crippen LogP contribution is -2.17. The van der Waals surface area contributed by atoms with E-state index < -0.39 is 5.97 Å². The van der Waals surface area contributed by atoms with Crippen LogP contribution in [0, 0.1) is 0 Å². The molecule has 0 unspecified atom stereocenters. The van der Waals surface area contributed by atoms with Gasteiger partial charge < -0.3 is 9.47 Å². The van der Waals surface area contributed by atoms with Crippen LogP contribution in [0.1, 0.15) is 36.1 Å². The molecule has 0 saturated carbocycles. The molecule has 0 heterocycles. The normalized spacial score (nSPS) is 13.3. The standard InChI is InChI=1S/C25H24O4/c1-14(2)22(26)13-28-20-9-16-5-7-18-11-21(29-25(27)15(3)4)12-19-8-6-17(10-20)23(16)24(18)19/h9-12H,1,3,5-8,13H2,2,4H3. The Labute approximate surface area is 170 Å². The topological polar surface area (TPSA) is 52.6 Å². The number of Topliss-reactive ketones (excluding diaryl/α,β-unsaturated/α-hetero) is 1. The fourth-order valence-corrected chi connectivity index (χ4v) is 4.05. The van der Waals surface area contributed by atoms with Crippen LogP contribution in [-0.4, -0.2) is 18.4 Å². The minimum absolute atomic E-state index is 0.0207. The third-order valence-electron chi connectivity index (χ3n) is 5.53. The van der Waals surface area contributed by atoms with E-state index in [9.17, 15) is 9.59 Å². The van der Waals surface area contributed by atoms with E-state index in [1.165, 1.54) is 33.4 Å². The molecule has 4 heteroatoms. The van der Waals surface area contributed by atoms with Crippen molar-refractivity contribution in [2.24, 2.45) is 0 Å². The van der Waals surface area contributed by atoms with Crippen LogP contribution in [0.5, 0.6) is 11.5 Å². The third-order valence-corrected chi connectivity index (χ3v) is 5.53. The van der Waals surface area contributed by atoms with Crippen molar-refractivity contribution in [3.63, 3.8) is 0 Å². The Morgan fingerprint density at radius 2 is 1.24 bits per heavy atom. The van der Waals surface area contributed by atoms with Gasteiger partial charge in [-0.15, -0.1) is 0 Å². The van der Waals surface area contributed by atoms with Gasteiger partial charge in [-0.3, -0.25) is 4.79 Å². The first kappa shape index (κ1) is 19.2. The molecule has 2 aliphatic rings. The van der Waals surface area contributed by atoms with Gasteiger partial charge in [-0.25, -0.2) is 4.79 Å². The van der Waals surface area contributed by atoms with Gasteiger partial charge in [0.25, 0.3) is 0 Å². The molecule has 0 aromatic heterocycles. The summed E-state index contributed by atoms with van der Waals surface area (Å²) < 4.78 is 11.2. The summed E-state index contributed by atoms with van der Waals surface area (Å²) in [5.41, 5.74) is 8.38. The van der Waals surface area contributed by atoms with Crippen molar-refractivity contribution in [2.75, 3.05) is 6.61 Å². The molecule has 0 N–H and O–H groups in total. The third kappa shape index (κ3) is 3.63. The molecule has 0 atom stereocenters. The smallest absolute Gasteiger partial charge is 0.338 e. The van der Waals surface area contributed by atoms with Gasteiger partial charge in [0.15, 0.2) is 12.4 Å². The predicted octanol–water partition coefficient (Wildman–Crippen LogP) is 4.56. The fourth-order valence-electron chi connectivity index (χ4n) is 4.05. The van der Waals surface area contributed by atoms with E-state index in [0.717, 1.165) is 31.4 Å². The summed E-state index contributed by atoms with van der Waals surface area (Å²) in [5, 5.41) is 0. The number of rotatable bonds is 6. The number of esters is 1. The zero-order valence-electron chi connectivity index (χ0n) is 16.9. The molecular formula is C25H24O4. The molecule has 0 spiro atoms. The Hall–Kier alpha value is -3.14. The average molecular weight is 388 g/mol. The number of ether oxygens (including phenoxy) is 2. The zero-order valence-corrected chi connectivity index (χ0v) is 16.9. The second-order valence-corrected chi connectivity index (χ2v) is 7.90. The van der Waals surface area contributed by atoms with E-state index in [2.05, 4.69) is 25.3 Å². The molecule has 148 valence electrons. The van der Waals surface area contributed by atoms with Crippen LogP contribution in [-0.2, 0) is 35.3 Å². The van der Waals surface area contributed by atoms with Crippen molar-refractivity contribution in [3.8, 4) is 22.6 Å². The average Bonchev–Trinajstić information content (AvgIpc) is 2.69. The first-order chi connectivity index (χ1) is 13.8. The number of benzene rings is 2. The number of hydrogen-bond donors (Lipinski definition) is 0. The minimum Gasteiger partial charge on any atom is -0.485 e. The molecule has 2 aromatic carbocycles. The minimum atomic E-state index is -0.393. The van der Waals surface area contributed by atoms with Crippen molar-refractivity contribution in [1.82, 2.24) is 0 Å². The van der Waals surface area contributed by atoms with Crippen molar-refractivity contribution in [2.45, 2.75) is 39.5 Å². The maximum Gasteiger partial charge on any atom is 0.338 e. The highest BCUT2D eigenvalue weighted by molar-refractivity contribution is 5.95. The highest BCUT2D eigenvalue weighted by Gasteiger charge is 2.27. The quantitative estimate of drug-likeness (QED) is 0.414. The van der Waals surface area contributed by atoms with Gasteiger partial charge in [-0.1, -0.05) is 13.2 Å². The van der Waals surface area contributed by atoms with Gasteiger partial charge in [0, 0.05) is 5.57 Å². The summed E-state index contributed by atoms with van der Waals surface area (Å²) >= 11 is 0. The molecule has 0 saturated heterocycles. The van der Waals surface area contributed by atoms with Crippen LogP contribution in [0.4, 0.5) is 0 Å². The molecule has 0 bridgehead atoms. The van der Waals surface area contributed by atoms with E-state index in [1.807, 2.05) is 12.1 Å². The lowest BCUT2D eigenvalue weighted by molar-refractivity contribution is -0.130. The van der Waals surface area contributed by atoms with E-state index in [1.54, 1.807) is 13.8 Å². The van der Waals surface area contributed by atoms with E-state index in [4.69, 9.17) is 9.47 Å². The first-order valence-corrected chi connectivity index (χ1v) is 9.84. The molecule has 2 aromatic rings. The Bertz CT molecular complexity index is 1020. The molecule has 2 aliphatic carbocycles. The van der Waals surface area contributed by atoms with E-state index >= 15 is 0 Å². The Morgan fingerprint density at radius 1 is 0.793 bits per heavy atom. The molecular weight excluding hydrogens is 364 g/mol. The highest BCUT2D eigenvalue weighted by atomic mass is 16.5. The maximum absolute atomic E-state index is 11.9. The van der Waals surface area contributed by atoms with Crippen LogP contribution in [0.15, 0.2) is 48.6 Å². The second kappa shape index (κ2) is 7.36. The van der Waals surface area contributed by atoms with Crippen molar-refractivity contribution < 1.29 is 19.1 Å². The fraction of sp³-hybridized carbons (Fsp3) is 0.280. The number of carbonyl (C=O) groups excluding carboxylic acids is 2. The van der Waals surface area contributed by atoms with Crippen LogP contribution >= 0.6 is 0 Å². The van der Waals surface area contributed by atoms with Crippen LogP contribution in [0.3, 0.4) is 0 Å². The number of hydrogen-bond acceptors (Lipinski definition) is 4. The summed E-state index contributed by atoms with van der Waals surface area (Å²) in [6, 6.07) is 8.07. The summed E-state index contributed by atoms with van der Waals surface area (Å²) in [6.45, 7) is 10.7. The molecule has 0 aliphatic heterocycles. The second-order valence-electron chi connectivity index (χ2n) is 7.90. The lowest BCUT2D eigenvalue weighted by atomic mass is 9.75. The van der Waals surface area contributed by atoms with Gasteiger partial charge in [-0.2, -0.15) is 0 Å². The van der Waals surface area contributed by atoms with E-state index in [0.29, 0.717) is 16.9 Å². The molecule has 0 radical (unpaired) electrons. The number of carbonyl (C=O) groups is 2. The number of ketones is 1. The Kier molecular flexibility index (Phi) is 4.87. The molecule has 0 amide bonds. The first-order valence-electron chi connectivity index (χ1n) is 9.84. The number of aryl methyl sites for hydroxylation is 4. The van der Waals surface area contributed by atoms with Gasteiger partial charge in [0.2, 0.25) is 0 Å². The van der Waals surface area contributed by atoms with E-state index in [-0.39, 0.29) is 12.4 Å². The summed E-state index contributed by atoms with van der Waals surface area (Å²) in [5.74, 6) is 0.862. The van der Waals surface area contributed by atoms with Gasteiger partial charge in [-0.05, 0) is 103 Å². The molecule has 29 heavy (non-hydrogen) atoms. The van der Waals surface area contributed by atoms with Crippen LogP contribution in [0.25, 0.3) is 11.1 Å². The van der Waals surface area contributed by atoms with Gasteiger partial charge >= 0.3 is 5.97 Å². The summed E-state index contributed by atoms with van der Waals surface area (Å²) in [7, 11) is 0. The van der Waals surface area contributed by atoms with Crippen molar-refractivity contribution >= 4 is 11.8 Å². The molecule has 4 nitrogen and oxygen atoms in total. The molecule has 4 rings (SSSR count). The summed E-state index contributed by atoms with van der Waals surface area (Å²) in [6.07, 6.45) is 3.53. The summed E-state index contributed by atoms with van der Waals surface area (Å²) in [4.78, 5) is 23.7. The lowest BCUT2D eigenvalue weighted by Gasteiger charge is -2.30. The van der Waals surface area contributed by atoms with Crippen molar-refractivity contribution in [1.29, 1.82) is 0 Å². The largest absolute Gasteiger partial charge is 0.485 e. The highest BCUT2D eigenvalue weighted by Crippen LogP contribution is 2.45. The van der Waals surface area contributed by atoms with Crippen molar-refractivity contribution in [3.05, 3.63) is 70.8 Å². The predicted molar refractivity (Wildman–Crippen MR) is 112 cm³/mol. The van der Waals surface area contributed by atoms with Gasteiger partial charge in [0.05, 0.1) is 0 Å². The Morgan fingerprint density at radius 3 is 1.66 bits per heavy atom.